The summed E-state index contributed by atoms with van der Waals surface area (Å²) in [7, 11) is 0. The van der Waals surface area contributed by atoms with Gasteiger partial charge in [0, 0.05) is 19.2 Å². The second-order valence-corrected chi connectivity index (χ2v) is 5.80. The van der Waals surface area contributed by atoms with E-state index >= 15 is 0 Å². The van der Waals surface area contributed by atoms with Crippen LogP contribution in [0.1, 0.15) is 5.56 Å². The van der Waals surface area contributed by atoms with Crippen LogP contribution in [0, 0.1) is 0 Å². The molecule has 2 aromatic rings. The highest BCUT2D eigenvalue weighted by Crippen LogP contribution is 2.35. The van der Waals surface area contributed by atoms with E-state index in [0.29, 0.717) is 30.3 Å². The maximum Gasteiger partial charge on any atom is 0.231 e. The van der Waals surface area contributed by atoms with Gasteiger partial charge in [-0.15, -0.1) is 0 Å². The Labute approximate surface area is 145 Å². The monoisotopic (exact) mass is 345 g/mol. The first-order valence-electron chi connectivity index (χ1n) is 8.08. The normalized spacial score (nSPS) is 15.2. The van der Waals surface area contributed by atoms with E-state index < -0.39 is 6.10 Å². The molecule has 0 fully saturated rings. The molecule has 0 radical (unpaired) electrons. The van der Waals surface area contributed by atoms with Crippen molar-refractivity contribution in [2.24, 2.45) is 0 Å². The second kappa shape index (κ2) is 7.08. The summed E-state index contributed by atoms with van der Waals surface area (Å²) in [5, 5.41) is 13.2. The van der Waals surface area contributed by atoms with Crippen molar-refractivity contribution in [2.75, 3.05) is 26.7 Å². The molecule has 0 aliphatic carbocycles. The quantitative estimate of drug-likeness (QED) is 0.790. The molecule has 25 heavy (non-hydrogen) atoms. The Morgan fingerprint density at radius 1 is 0.920 bits per heavy atom. The average molecular weight is 345 g/mol. The van der Waals surface area contributed by atoms with Gasteiger partial charge in [-0.05, 0) is 29.8 Å². The molecule has 2 aromatic carbocycles. The van der Waals surface area contributed by atoms with E-state index in [-0.39, 0.29) is 20.2 Å². The average Bonchev–Trinajstić information content (AvgIpc) is 3.28. The molecule has 1 unspecified atom stereocenters. The van der Waals surface area contributed by atoms with Gasteiger partial charge in [0.2, 0.25) is 13.6 Å². The third-order valence-electron chi connectivity index (χ3n) is 3.93. The van der Waals surface area contributed by atoms with Crippen LogP contribution in [-0.4, -0.2) is 37.9 Å². The van der Waals surface area contributed by atoms with Crippen LogP contribution in [0.25, 0.3) is 0 Å². The lowest BCUT2D eigenvalue weighted by molar-refractivity contribution is 0.106. The summed E-state index contributed by atoms with van der Waals surface area (Å²) in [6.45, 7) is 1.72. The van der Waals surface area contributed by atoms with Crippen LogP contribution in [0.3, 0.4) is 0 Å². The van der Waals surface area contributed by atoms with Crippen molar-refractivity contribution in [3.63, 3.8) is 0 Å². The number of aliphatic hydroxyl groups excluding tert-OH is 1. The maximum atomic E-state index is 10.0. The molecule has 2 heterocycles. The fraction of sp³-hybridized carbons (Fsp3) is 0.333. The lowest BCUT2D eigenvalue weighted by atomic mass is 10.2. The van der Waals surface area contributed by atoms with Gasteiger partial charge in [-0.25, -0.2) is 0 Å². The van der Waals surface area contributed by atoms with Crippen molar-refractivity contribution in [2.45, 2.75) is 12.6 Å². The molecule has 7 heteroatoms. The van der Waals surface area contributed by atoms with Gasteiger partial charge in [0.1, 0.15) is 18.5 Å². The Balaban J connectivity index is 1.21. The fourth-order valence-corrected chi connectivity index (χ4v) is 2.65. The summed E-state index contributed by atoms with van der Waals surface area (Å²) in [5.41, 5.74) is 1.06. The Morgan fingerprint density at radius 3 is 2.40 bits per heavy atom. The van der Waals surface area contributed by atoms with Gasteiger partial charge < -0.3 is 34.1 Å². The molecule has 2 N–H and O–H groups in total. The first-order valence-corrected chi connectivity index (χ1v) is 8.08. The SMILES string of the molecule is OC(CNCc1ccc2c(c1)OCO2)COc1ccc2c(c1)OCO2. The molecule has 0 saturated heterocycles. The molecule has 0 amide bonds. The minimum atomic E-state index is -0.626. The van der Waals surface area contributed by atoms with Crippen LogP contribution in [0.5, 0.6) is 28.7 Å². The molecule has 2 aliphatic heterocycles. The summed E-state index contributed by atoms with van der Waals surface area (Å²) in [6.07, 6.45) is -0.626. The van der Waals surface area contributed by atoms with E-state index in [2.05, 4.69) is 5.32 Å². The second-order valence-electron chi connectivity index (χ2n) is 5.80. The first kappa shape index (κ1) is 15.9. The van der Waals surface area contributed by atoms with Crippen molar-refractivity contribution in [1.29, 1.82) is 0 Å². The van der Waals surface area contributed by atoms with Gasteiger partial charge in [0.25, 0.3) is 0 Å². The lowest BCUT2D eigenvalue weighted by Gasteiger charge is -2.13. The summed E-state index contributed by atoms with van der Waals surface area (Å²) in [5.74, 6) is 3.53. The largest absolute Gasteiger partial charge is 0.491 e. The van der Waals surface area contributed by atoms with E-state index in [1.54, 1.807) is 18.2 Å². The summed E-state index contributed by atoms with van der Waals surface area (Å²) in [6, 6.07) is 11.1. The van der Waals surface area contributed by atoms with Gasteiger partial charge in [-0.3, -0.25) is 0 Å². The zero-order valence-electron chi connectivity index (χ0n) is 13.6. The molecule has 0 aromatic heterocycles. The molecule has 1 atom stereocenters. The van der Waals surface area contributed by atoms with Gasteiger partial charge in [0.05, 0.1) is 0 Å². The van der Waals surface area contributed by atoms with Crippen molar-refractivity contribution in [1.82, 2.24) is 5.32 Å². The highest BCUT2D eigenvalue weighted by molar-refractivity contribution is 5.47. The standard InChI is InChI=1S/C18H19NO6/c20-13(9-21-14-2-4-16-18(6-14)25-11-23-16)8-19-7-12-1-3-15-17(5-12)24-10-22-15/h1-6,13,19-20H,7-11H2. The van der Waals surface area contributed by atoms with Crippen LogP contribution in [-0.2, 0) is 6.54 Å². The van der Waals surface area contributed by atoms with Crippen LogP contribution in [0.15, 0.2) is 36.4 Å². The number of rotatable bonds is 7. The number of hydrogen-bond acceptors (Lipinski definition) is 7. The Bertz CT molecular complexity index is 750. The minimum Gasteiger partial charge on any atom is -0.491 e. The van der Waals surface area contributed by atoms with Gasteiger partial charge in [-0.1, -0.05) is 6.07 Å². The number of nitrogens with one attached hydrogen (secondary N) is 1. The summed E-state index contributed by atoms with van der Waals surface area (Å²) >= 11 is 0. The molecular formula is C18H19NO6. The van der Waals surface area contributed by atoms with Gasteiger partial charge in [0.15, 0.2) is 23.0 Å². The molecule has 4 rings (SSSR count). The highest BCUT2D eigenvalue weighted by atomic mass is 16.7. The van der Waals surface area contributed by atoms with Crippen LogP contribution >= 0.6 is 0 Å². The zero-order valence-corrected chi connectivity index (χ0v) is 13.6. The number of ether oxygens (including phenoxy) is 5. The van der Waals surface area contributed by atoms with Crippen molar-refractivity contribution >= 4 is 0 Å². The molecular weight excluding hydrogens is 326 g/mol. The summed E-state index contributed by atoms with van der Waals surface area (Å²) < 4.78 is 26.8. The third-order valence-corrected chi connectivity index (χ3v) is 3.93. The first-order chi connectivity index (χ1) is 12.3. The van der Waals surface area contributed by atoms with E-state index in [0.717, 1.165) is 17.1 Å². The van der Waals surface area contributed by atoms with Gasteiger partial charge >= 0.3 is 0 Å². The highest BCUT2D eigenvalue weighted by Gasteiger charge is 2.15. The van der Waals surface area contributed by atoms with Crippen LogP contribution in [0.2, 0.25) is 0 Å². The van der Waals surface area contributed by atoms with Crippen LogP contribution < -0.4 is 29.0 Å². The number of aliphatic hydroxyl groups is 1. The van der Waals surface area contributed by atoms with Crippen molar-refractivity contribution < 1.29 is 28.8 Å². The zero-order chi connectivity index (χ0) is 17.1. The molecule has 0 saturated carbocycles. The molecule has 132 valence electrons. The smallest absolute Gasteiger partial charge is 0.231 e. The van der Waals surface area contributed by atoms with E-state index in [9.17, 15) is 5.11 Å². The van der Waals surface area contributed by atoms with Crippen molar-refractivity contribution in [3.05, 3.63) is 42.0 Å². The number of benzene rings is 2. The topological polar surface area (TPSA) is 78.4 Å². The third kappa shape index (κ3) is 3.72. The van der Waals surface area contributed by atoms with E-state index in [4.69, 9.17) is 23.7 Å². The Morgan fingerprint density at radius 2 is 1.60 bits per heavy atom. The Hall–Kier alpha value is -2.64. The molecule has 0 spiro atoms. The predicted octanol–water partition coefficient (Wildman–Crippen LogP) is 1.67. The lowest BCUT2D eigenvalue weighted by Crippen LogP contribution is -2.31. The summed E-state index contributed by atoms with van der Waals surface area (Å²) in [4.78, 5) is 0. The number of hydrogen-bond donors (Lipinski definition) is 2. The van der Waals surface area contributed by atoms with Crippen LogP contribution in [0.4, 0.5) is 0 Å². The minimum absolute atomic E-state index is 0.188. The maximum absolute atomic E-state index is 10.0. The fourth-order valence-electron chi connectivity index (χ4n) is 2.65. The molecule has 2 aliphatic rings. The molecule has 7 nitrogen and oxygen atoms in total. The molecule has 0 bridgehead atoms. The van der Waals surface area contributed by atoms with E-state index in [1.807, 2.05) is 18.2 Å². The van der Waals surface area contributed by atoms with E-state index in [1.165, 1.54) is 0 Å². The Kier molecular flexibility index (Phi) is 4.49. The van der Waals surface area contributed by atoms with Crippen molar-refractivity contribution in [3.8, 4) is 28.7 Å². The number of fused-ring (bicyclic) bond motifs is 2. The van der Waals surface area contributed by atoms with Gasteiger partial charge in [-0.2, -0.15) is 0 Å². The predicted molar refractivity (Wildman–Crippen MR) is 88.3 cm³/mol.